The molecule has 0 aliphatic heterocycles. The lowest BCUT2D eigenvalue weighted by Gasteiger charge is -2.13. The van der Waals surface area contributed by atoms with Gasteiger partial charge in [0.05, 0.1) is 27.9 Å². The number of para-hydroxylation sites is 1. The van der Waals surface area contributed by atoms with Gasteiger partial charge in [-0.25, -0.2) is 14.6 Å². The predicted molar refractivity (Wildman–Crippen MR) is 106 cm³/mol. The number of carbonyl (C=O) groups is 2. The minimum absolute atomic E-state index is 0.0693. The maximum atomic E-state index is 12.1. The molecule has 0 bridgehead atoms. The number of aromatic nitrogens is 2. The molecular formula is C22H16N2O4. The number of aromatic carboxylic acids is 2. The van der Waals surface area contributed by atoms with Crippen molar-refractivity contribution in [3.63, 3.8) is 0 Å². The SMILES string of the molecule is Cc1cccc2c(C(=O)O)cc(-c3cnc4cccc(C)c4c3C(=O)O)nc12. The maximum absolute atomic E-state index is 12.1. The lowest BCUT2D eigenvalue weighted by atomic mass is 9.96. The van der Waals surface area contributed by atoms with Crippen molar-refractivity contribution < 1.29 is 19.8 Å². The number of pyridine rings is 2. The molecule has 6 nitrogen and oxygen atoms in total. The zero-order chi connectivity index (χ0) is 20.0. The van der Waals surface area contributed by atoms with Crippen LogP contribution in [0, 0.1) is 13.8 Å². The molecule has 0 fully saturated rings. The molecule has 0 spiro atoms. The molecule has 138 valence electrons. The molecule has 28 heavy (non-hydrogen) atoms. The van der Waals surface area contributed by atoms with Crippen molar-refractivity contribution in [2.24, 2.45) is 0 Å². The van der Waals surface area contributed by atoms with Gasteiger partial charge in [0.2, 0.25) is 0 Å². The third-order valence-electron chi connectivity index (χ3n) is 4.86. The zero-order valence-electron chi connectivity index (χ0n) is 15.2. The fourth-order valence-electron chi connectivity index (χ4n) is 3.54. The number of rotatable bonds is 3. The lowest BCUT2D eigenvalue weighted by molar-refractivity contribution is 0.0689. The van der Waals surface area contributed by atoms with E-state index in [1.807, 2.05) is 32.0 Å². The average Bonchev–Trinajstić information content (AvgIpc) is 2.67. The molecule has 0 atom stereocenters. The van der Waals surface area contributed by atoms with E-state index in [0.29, 0.717) is 27.4 Å². The summed E-state index contributed by atoms with van der Waals surface area (Å²) < 4.78 is 0. The van der Waals surface area contributed by atoms with E-state index in [-0.39, 0.29) is 16.8 Å². The Labute approximate surface area is 160 Å². The van der Waals surface area contributed by atoms with Crippen LogP contribution in [0.15, 0.2) is 48.7 Å². The van der Waals surface area contributed by atoms with Crippen molar-refractivity contribution >= 4 is 33.7 Å². The van der Waals surface area contributed by atoms with E-state index in [2.05, 4.69) is 9.97 Å². The number of hydrogen-bond donors (Lipinski definition) is 2. The van der Waals surface area contributed by atoms with Crippen molar-refractivity contribution in [1.29, 1.82) is 0 Å². The highest BCUT2D eigenvalue weighted by Crippen LogP contribution is 2.32. The molecule has 0 amide bonds. The molecule has 0 aliphatic carbocycles. The molecule has 2 aromatic heterocycles. The first-order valence-electron chi connectivity index (χ1n) is 8.64. The van der Waals surface area contributed by atoms with E-state index in [1.165, 1.54) is 12.3 Å². The Kier molecular flexibility index (Phi) is 4.04. The minimum Gasteiger partial charge on any atom is -0.478 e. The maximum Gasteiger partial charge on any atom is 0.337 e. The summed E-state index contributed by atoms with van der Waals surface area (Å²) in [4.78, 5) is 33.0. The van der Waals surface area contributed by atoms with Gasteiger partial charge in [0.15, 0.2) is 0 Å². The second-order valence-electron chi connectivity index (χ2n) is 6.65. The summed E-state index contributed by atoms with van der Waals surface area (Å²) in [5.74, 6) is -2.21. The van der Waals surface area contributed by atoms with Gasteiger partial charge in [-0.1, -0.05) is 30.3 Å². The number of aryl methyl sites for hydroxylation is 2. The van der Waals surface area contributed by atoms with Crippen LogP contribution >= 0.6 is 0 Å². The Morgan fingerprint density at radius 1 is 0.929 bits per heavy atom. The van der Waals surface area contributed by atoms with Gasteiger partial charge >= 0.3 is 11.9 Å². The Hall–Kier alpha value is -3.80. The minimum atomic E-state index is -1.11. The third-order valence-corrected chi connectivity index (χ3v) is 4.86. The second kappa shape index (κ2) is 6.42. The van der Waals surface area contributed by atoms with Crippen LogP contribution in [-0.2, 0) is 0 Å². The molecule has 2 N–H and O–H groups in total. The van der Waals surface area contributed by atoms with Crippen LogP contribution < -0.4 is 0 Å². The summed E-state index contributed by atoms with van der Waals surface area (Å²) in [6.45, 7) is 3.66. The Balaban J connectivity index is 2.14. The van der Waals surface area contributed by atoms with Gasteiger partial charge in [-0.15, -0.1) is 0 Å². The highest BCUT2D eigenvalue weighted by Gasteiger charge is 2.21. The van der Waals surface area contributed by atoms with E-state index in [1.54, 1.807) is 18.2 Å². The molecule has 0 saturated carbocycles. The second-order valence-corrected chi connectivity index (χ2v) is 6.65. The number of hydrogen-bond acceptors (Lipinski definition) is 4. The first-order valence-corrected chi connectivity index (χ1v) is 8.64. The van der Waals surface area contributed by atoms with Gasteiger partial charge in [0, 0.05) is 22.5 Å². The molecule has 0 saturated heterocycles. The Morgan fingerprint density at radius 3 is 2.36 bits per heavy atom. The van der Waals surface area contributed by atoms with Gasteiger partial charge in [-0.05, 0) is 37.1 Å². The summed E-state index contributed by atoms with van der Waals surface area (Å²) in [6.07, 6.45) is 1.45. The largest absolute Gasteiger partial charge is 0.478 e. The van der Waals surface area contributed by atoms with E-state index >= 15 is 0 Å². The van der Waals surface area contributed by atoms with Gasteiger partial charge in [-0.2, -0.15) is 0 Å². The summed E-state index contributed by atoms with van der Waals surface area (Å²) in [5, 5.41) is 20.6. The standard InChI is InChI=1S/C22H16N2O4/c1-11-5-4-8-16-18(11)19(22(27)28)15(10-23-16)17-9-14(21(25)26)13-7-3-6-12(2)20(13)24-17/h3-10H,1-2H3,(H,25,26)(H,27,28). The normalized spacial score (nSPS) is 11.1. The fourth-order valence-corrected chi connectivity index (χ4v) is 3.54. The van der Waals surface area contributed by atoms with Crippen molar-refractivity contribution in [3.05, 3.63) is 70.9 Å². The zero-order valence-corrected chi connectivity index (χ0v) is 15.2. The van der Waals surface area contributed by atoms with E-state index in [4.69, 9.17) is 0 Å². The van der Waals surface area contributed by atoms with Crippen LogP contribution in [0.3, 0.4) is 0 Å². The summed E-state index contributed by atoms with van der Waals surface area (Å²) >= 11 is 0. The summed E-state index contributed by atoms with van der Waals surface area (Å²) in [7, 11) is 0. The molecule has 6 heteroatoms. The highest BCUT2D eigenvalue weighted by atomic mass is 16.4. The first-order chi connectivity index (χ1) is 13.4. The quantitative estimate of drug-likeness (QED) is 0.550. The van der Waals surface area contributed by atoms with Crippen LogP contribution in [0.5, 0.6) is 0 Å². The average molecular weight is 372 g/mol. The number of nitrogens with zero attached hydrogens (tertiary/aromatic N) is 2. The predicted octanol–water partition coefficient (Wildman–Crippen LogP) is 4.46. The molecule has 2 aromatic carbocycles. The van der Waals surface area contributed by atoms with E-state index in [0.717, 1.165) is 11.1 Å². The molecule has 0 unspecified atom stereocenters. The van der Waals surface area contributed by atoms with Crippen molar-refractivity contribution in [2.75, 3.05) is 0 Å². The fraction of sp³-hybridized carbons (Fsp3) is 0.0909. The molecule has 0 radical (unpaired) electrons. The molecular weight excluding hydrogens is 356 g/mol. The van der Waals surface area contributed by atoms with Crippen LogP contribution in [-0.4, -0.2) is 32.1 Å². The Bertz CT molecular complexity index is 1290. The van der Waals surface area contributed by atoms with E-state index in [9.17, 15) is 19.8 Å². The number of fused-ring (bicyclic) bond motifs is 2. The van der Waals surface area contributed by atoms with Gasteiger partial charge in [-0.3, -0.25) is 4.98 Å². The van der Waals surface area contributed by atoms with Crippen molar-refractivity contribution in [1.82, 2.24) is 9.97 Å². The molecule has 2 heterocycles. The molecule has 4 rings (SSSR count). The molecule has 4 aromatic rings. The van der Waals surface area contributed by atoms with Gasteiger partial charge < -0.3 is 10.2 Å². The lowest BCUT2D eigenvalue weighted by Crippen LogP contribution is -2.06. The third kappa shape index (κ3) is 2.66. The van der Waals surface area contributed by atoms with Crippen molar-refractivity contribution in [3.8, 4) is 11.3 Å². The van der Waals surface area contributed by atoms with Gasteiger partial charge in [0.25, 0.3) is 0 Å². The van der Waals surface area contributed by atoms with Crippen LogP contribution in [0.1, 0.15) is 31.8 Å². The number of benzene rings is 2. The summed E-state index contributed by atoms with van der Waals surface area (Å²) in [6, 6.07) is 12.1. The molecule has 0 aliphatic rings. The van der Waals surface area contributed by atoms with Gasteiger partial charge in [0.1, 0.15) is 0 Å². The van der Waals surface area contributed by atoms with Crippen molar-refractivity contribution in [2.45, 2.75) is 13.8 Å². The smallest absolute Gasteiger partial charge is 0.337 e. The number of carboxylic acids is 2. The van der Waals surface area contributed by atoms with Crippen LogP contribution in [0.2, 0.25) is 0 Å². The topological polar surface area (TPSA) is 100 Å². The summed E-state index contributed by atoms with van der Waals surface area (Å²) in [5.41, 5.74) is 3.39. The van der Waals surface area contributed by atoms with E-state index < -0.39 is 11.9 Å². The Morgan fingerprint density at radius 2 is 1.64 bits per heavy atom. The highest BCUT2D eigenvalue weighted by molar-refractivity contribution is 6.10. The first kappa shape index (κ1) is 17.6. The number of carboxylic acid groups (broad SMARTS) is 2. The monoisotopic (exact) mass is 372 g/mol. The van der Waals surface area contributed by atoms with Crippen LogP contribution in [0.25, 0.3) is 33.1 Å². The van der Waals surface area contributed by atoms with Crippen LogP contribution in [0.4, 0.5) is 0 Å².